The van der Waals surface area contributed by atoms with Crippen molar-refractivity contribution in [3.05, 3.63) is 0 Å². The van der Waals surface area contributed by atoms with Crippen LogP contribution in [0.25, 0.3) is 0 Å². The summed E-state index contributed by atoms with van der Waals surface area (Å²) in [7, 11) is 0. The zero-order chi connectivity index (χ0) is 11.1. The SMILES string of the molecule is CCCCCCCCCCN.ClOCl. The summed E-state index contributed by atoms with van der Waals surface area (Å²) in [5, 5.41) is 0. The Labute approximate surface area is 98.4 Å². The van der Waals surface area contributed by atoms with Gasteiger partial charge in [-0.05, 0) is 13.0 Å². The summed E-state index contributed by atoms with van der Waals surface area (Å²) in [5.41, 5.74) is 5.39. The second-order valence-electron chi connectivity index (χ2n) is 3.32. The Kier molecular flexibility index (Phi) is 23.1. The Morgan fingerprint density at radius 3 is 1.57 bits per heavy atom. The molecule has 0 aromatic rings. The molecule has 0 radical (unpaired) electrons. The average Bonchev–Trinajstić information content (AvgIpc) is 2.18. The molecule has 0 saturated heterocycles. The summed E-state index contributed by atoms with van der Waals surface area (Å²) in [4.78, 5) is 0. The lowest BCUT2D eigenvalue weighted by Crippen LogP contribution is -1.97. The average molecular weight is 244 g/mol. The molecule has 0 fully saturated rings. The molecular weight excluding hydrogens is 221 g/mol. The molecule has 0 aliphatic carbocycles. The number of rotatable bonds is 8. The summed E-state index contributed by atoms with van der Waals surface area (Å²) in [6.45, 7) is 3.13. The fraction of sp³-hybridized carbons (Fsp3) is 1.00. The molecule has 0 rings (SSSR count). The molecule has 0 spiro atoms. The lowest BCUT2D eigenvalue weighted by atomic mass is 10.1. The van der Waals surface area contributed by atoms with Crippen molar-refractivity contribution in [2.45, 2.75) is 58.3 Å². The minimum atomic E-state index is 0.870. The van der Waals surface area contributed by atoms with E-state index in [1.54, 1.807) is 0 Å². The highest BCUT2D eigenvalue weighted by Gasteiger charge is 1.89. The van der Waals surface area contributed by atoms with E-state index in [1.807, 2.05) is 0 Å². The van der Waals surface area contributed by atoms with Crippen LogP contribution < -0.4 is 5.73 Å². The van der Waals surface area contributed by atoms with Crippen LogP contribution in [-0.2, 0) is 3.84 Å². The van der Waals surface area contributed by atoms with Crippen LogP contribution in [0.1, 0.15) is 58.3 Å². The largest absolute Gasteiger partial charge is 0.330 e. The van der Waals surface area contributed by atoms with Crippen LogP contribution in [0, 0.1) is 0 Å². The van der Waals surface area contributed by atoms with Crippen LogP contribution in [0.2, 0.25) is 0 Å². The van der Waals surface area contributed by atoms with Gasteiger partial charge >= 0.3 is 0 Å². The van der Waals surface area contributed by atoms with E-state index in [1.165, 1.54) is 51.4 Å². The first-order chi connectivity index (χ1) is 6.83. The first-order valence-electron chi connectivity index (χ1n) is 5.42. The zero-order valence-electron chi connectivity index (χ0n) is 9.11. The minimum Gasteiger partial charge on any atom is -0.330 e. The highest BCUT2D eigenvalue weighted by molar-refractivity contribution is 6.24. The van der Waals surface area contributed by atoms with Gasteiger partial charge in [0.1, 0.15) is 0 Å². The fourth-order valence-corrected chi connectivity index (χ4v) is 1.28. The van der Waals surface area contributed by atoms with Crippen molar-refractivity contribution in [2.24, 2.45) is 5.73 Å². The van der Waals surface area contributed by atoms with Gasteiger partial charge in [-0.3, -0.25) is 0 Å². The van der Waals surface area contributed by atoms with Crippen LogP contribution in [0.3, 0.4) is 0 Å². The molecule has 0 atom stereocenters. The highest BCUT2D eigenvalue weighted by atomic mass is 35.6. The van der Waals surface area contributed by atoms with Gasteiger partial charge in [0.05, 0.1) is 23.7 Å². The van der Waals surface area contributed by atoms with Crippen molar-refractivity contribution in [1.29, 1.82) is 0 Å². The molecule has 0 aliphatic heterocycles. The van der Waals surface area contributed by atoms with E-state index < -0.39 is 0 Å². The van der Waals surface area contributed by atoms with E-state index in [2.05, 4.69) is 34.5 Å². The van der Waals surface area contributed by atoms with Crippen LogP contribution >= 0.6 is 23.7 Å². The molecule has 0 amide bonds. The molecule has 0 unspecified atom stereocenters. The monoisotopic (exact) mass is 243 g/mol. The van der Waals surface area contributed by atoms with Crippen LogP contribution in [0.5, 0.6) is 0 Å². The predicted molar refractivity (Wildman–Crippen MR) is 64.5 cm³/mol. The topological polar surface area (TPSA) is 35.2 Å². The molecule has 0 saturated carbocycles. The third-order valence-electron chi connectivity index (χ3n) is 2.06. The standard InChI is InChI=1S/C10H23N.Cl2O/c1-2-3-4-5-6-7-8-9-10-11;1-3-2/h2-11H2,1H3;. The Morgan fingerprint density at radius 2 is 1.21 bits per heavy atom. The highest BCUT2D eigenvalue weighted by Crippen LogP contribution is 2.07. The molecule has 0 aliphatic rings. The van der Waals surface area contributed by atoms with Gasteiger partial charge in [-0.2, -0.15) is 3.84 Å². The van der Waals surface area contributed by atoms with Crippen molar-refractivity contribution >= 4 is 23.7 Å². The molecule has 0 bridgehead atoms. The molecule has 88 valence electrons. The van der Waals surface area contributed by atoms with Gasteiger partial charge in [-0.1, -0.05) is 51.9 Å². The van der Waals surface area contributed by atoms with Gasteiger partial charge in [0, 0.05) is 0 Å². The molecule has 0 aromatic heterocycles. The lowest BCUT2D eigenvalue weighted by Gasteiger charge is -1.99. The fourth-order valence-electron chi connectivity index (χ4n) is 1.28. The van der Waals surface area contributed by atoms with Gasteiger partial charge in [0.25, 0.3) is 0 Å². The normalized spacial score (nSPS) is 9.43. The third-order valence-corrected chi connectivity index (χ3v) is 2.06. The second-order valence-corrected chi connectivity index (χ2v) is 3.79. The molecule has 14 heavy (non-hydrogen) atoms. The molecular formula is C10H23Cl2NO. The van der Waals surface area contributed by atoms with Crippen molar-refractivity contribution in [3.8, 4) is 0 Å². The Morgan fingerprint density at radius 1 is 0.857 bits per heavy atom. The number of hydrogen-bond acceptors (Lipinski definition) is 2. The second kappa shape index (κ2) is 19.1. The van der Waals surface area contributed by atoms with E-state index in [9.17, 15) is 0 Å². The van der Waals surface area contributed by atoms with Crippen LogP contribution in [0.4, 0.5) is 0 Å². The van der Waals surface area contributed by atoms with Crippen LogP contribution in [0.15, 0.2) is 0 Å². The first kappa shape index (κ1) is 16.9. The number of hydrogen-bond donors (Lipinski definition) is 1. The van der Waals surface area contributed by atoms with E-state index in [0.29, 0.717) is 0 Å². The maximum Gasteiger partial charge on any atom is 0.0832 e. The van der Waals surface area contributed by atoms with Gasteiger partial charge in [-0.25, -0.2) is 0 Å². The van der Waals surface area contributed by atoms with Crippen molar-refractivity contribution < 1.29 is 3.84 Å². The van der Waals surface area contributed by atoms with Gasteiger partial charge in [-0.15, -0.1) is 0 Å². The zero-order valence-corrected chi connectivity index (χ0v) is 10.6. The Bertz CT molecular complexity index is 76.5. The van der Waals surface area contributed by atoms with E-state index in [-0.39, 0.29) is 0 Å². The third kappa shape index (κ3) is 22.9. The summed E-state index contributed by atoms with van der Waals surface area (Å²) in [6, 6.07) is 0. The summed E-state index contributed by atoms with van der Waals surface area (Å²) >= 11 is 8.53. The van der Waals surface area contributed by atoms with Gasteiger partial charge in [0.2, 0.25) is 0 Å². The maximum atomic E-state index is 5.39. The molecule has 0 heterocycles. The first-order valence-corrected chi connectivity index (χ1v) is 6.04. The lowest BCUT2D eigenvalue weighted by molar-refractivity contribution is 0.578. The van der Waals surface area contributed by atoms with Gasteiger partial charge in [0.15, 0.2) is 0 Å². The predicted octanol–water partition coefficient (Wildman–Crippen LogP) is 4.40. The van der Waals surface area contributed by atoms with Crippen molar-refractivity contribution in [3.63, 3.8) is 0 Å². The quantitative estimate of drug-likeness (QED) is 0.642. The van der Waals surface area contributed by atoms with Crippen molar-refractivity contribution in [1.82, 2.24) is 0 Å². The number of nitrogens with two attached hydrogens (primary N) is 1. The number of unbranched alkanes of at least 4 members (excludes halogenated alkanes) is 7. The van der Waals surface area contributed by atoms with Gasteiger partial charge < -0.3 is 5.73 Å². The van der Waals surface area contributed by atoms with E-state index >= 15 is 0 Å². The van der Waals surface area contributed by atoms with Crippen molar-refractivity contribution in [2.75, 3.05) is 6.54 Å². The summed E-state index contributed by atoms with van der Waals surface area (Å²) < 4.78 is 3.19. The van der Waals surface area contributed by atoms with Crippen LogP contribution in [-0.4, -0.2) is 6.54 Å². The summed E-state index contributed by atoms with van der Waals surface area (Å²) in [5.74, 6) is 0. The number of halogens is 2. The minimum absolute atomic E-state index is 0.870. The van der Waals surface area contributed by atoms with E-state index in [0.717, 1.165) is 6.54 Å². The maximum absolute atomic E-state index is 5.39. The Hall–Kier alpha value is 0.500. The van der Waals surface area contributed by atoms with E-state index in [4.69, 9.17) is 5.73 Å². The summed E-state index contributed by atoms with van der Waals surface area (Å²) in [6.07, 6.45) is 11.0. The molecule has 2 N–H and O–H groups in total. The Balaban J connectivity index is 0. The molecule has 4 heteroatoms. The molecule has 0 aromatic carbocycles. The molecule has 2 nitrogen and oxygen atoms in total. The smallest absolute Gasteiger partial charge is 0.0832 e.